The Balaban J connectivity index is 1.87. The largest absolute Gasteiger partial charge is 0.399 e. The highest BCUT2D eigenvalue weighted by molar-refractivity contribution is 9.10. The fourth-order valence-corrected chi connectivity index (χ4v) is 3.62. The zero-order valence-electron chi connectivity index (χ0n) is 11.3. The molecule has 1 aromatic carbocycles. The number of nitrogens with one attached hydrogen (secondary N) is 1. The van der Waals surface area contributed by atoms with Crippen LogP contribution in [-0.2, 0) is 6.54 Å². The molecule has 7 heteroatoms. The first-order valence-corrected chi connectivity index (χ1v) is 7.94. The summed E-state index contributed by atoms with van der Waals surface area (Å²) >= 11 is 5.02. The molecule has 0 aliphatic rings. The van der Waals surface area contributed by atoms with E-state index in [0.29, 0.717) is 17.9 Å². The molecular weight excluding hydrogens is 352 g/mol. The third-order valence-electron chi connectivity index (χ3n) is 3.15. The van der Waals surface area contributed by atoms with E-state index in [1.807, 2.05) is 17.5 Å². The zero-order chi connectivity index (χ0) is 15.0. The molecule has 0 atom stereocenters. The average Bonchev–Trinajstić information content (AvgIpc) is 3.04. The van der Waals surface area contributed by atoms with Crippen molar-refractivity contribution in [1.82, 2.24) is 15.1 Å². The summed E-state index contributed by atoms with van der Waals surface area (Å²) in [7, 11) is 1.77. The number of amides is 1. The molecule has 0 bridgehead atoms. The van der Waals surface area contributed by atoms with Gasteiger partial charge in [-0.3, -0.25) is 9.89 Å². The number of carbonyl (C=O) groups excluding carboxylic acids is 1. The van der Waals surface area contributed by atoms with E-state index in [2.05, 4.69) is 26.1 Å². The molecule has 0 radical (unpaired) electrons. The molecule has 3 aromatic rings. The summed E-state index contributed by atoms with van der Waals surface area (Å²) < 4.78 is 1.03. The quantitative estimate of drug-likeness (QED) is 0.700. The third kappa shape index (κ3) is 2.79. The molecule has 1 amide bonds. The Bertz CT molecular complexity index is 810. The number of hydrogen-bond donors (Lipinski definition) is 2. The molecular formula is C14H13BrN4OS. The Morgan fingerprint density at radius 3 is 3.00 bits per heavy atom. The van der Waals surface area contributed by atoms with Crippen molar-refractivity contribution in [3.05, 3.63) is 44.7 Å². The van der Waals surface area contributed by atoms with Crippen LogP contribution in [0.5, 0.6) is 0 Å². The van der Waals surface area contributed by atoms with E-state index in [9.17, 15) is 4.79 Å². The number of aromatic nitrogens is 2. The molecule has 21 heavy (non-hydrogen) atoms. The Labute approximate surface area is 133 Å². The number of aromatic amines is 1. The molecule has 3 rings (SSSR count). The summed E-state index contributed by atoms with van der Waals surface area (Å²) in [5.41, 5.74) is 7.60. The number of carbonyl (C=O) groups is 1. The van der Waals surface area contributed by atoms with Crippen molar-refractivity contribution in [1.29, 1.82) is 0 Å². The number of rotatable bonds is 3. The van der Waals surface area contributed by atoms with Crippen LogP contribution in [0, 0.1) is 0 Å². The number of anilines is 1. The van der Waals surface area contributed by atoms with Gasteiger partial charge in [0.15, 0.2) is 5.69 Å². The average molecular weight is 365 g/mol. The van der Waals surface area contributed by atoms with Crippen molar-refractivity contribution in [2.45, 2.75) is 6.54 Å². The van der Waals surface area contributed by atoms with Crippen molar-refractivity contribution >= 4 is 49.8 Å². The molecule has 0 aliphatic carbocycles. The highest BCUT2D eigenvalue weighted by atomic mass is 79.9. The minimum Gasteiger partial charge on any atom is -0.399 e. The Morgan fingerprint density at radius 1 is 1.48 bits per heavy atom. The molecule has 2 heterocycles. The van der Waals surface area contributed by atoms with Crippen LogP contribution in [0.15, 0.2) is 34.1 Å². The van der Waals surface area contributed by atoms with Crippen molar-refractivity contribution in [3.63, 3.8) is 0 Å². The first-order valence-electron chi connectivity index (χ1n) is 6.26. The van der Waals surface area contributed by atoms with Gasteiger partial charge in [0, 0.05) is 32.9 Å². The highest BCUT2D eigenvalue weighted by Gasteiger charge is 2.19. The number of nitrogen functional groups attached to an aromatic ring is 1. The number of halogens is 1. The summed E-state index contributed by atoms with van der Waals surface area (Å²) in [6.07, 6.45) is 0. The standard InChI is InChI=1S/C14H13BrN4OS/c1-19(6-10-4-8(15)7-21-10)14(20)13-11-5-9(16)2-3-12(11)17-18-13/h2-5,7H,6,16H2,1H3,(H,17,18). The SMILES string of the molecule is CN(Cc1cc(Br)cs1)C(=O)c1n[nH]c2ccc(N)cc12. The fraction of sp³-hybridized carbons (Fsp3) is 0.143. The highest BCUT2D eigenvalue weighted by Crippen LogP contribution is 2.23. The molecule has 0 saturated carbocycles. The summed E-state index contributed by atoms with van der Waals surface area (Å²) in [6.45, 7) is 0.547. The van der Waals surface area contributed by atoms with E-state index in [-0.39, 0.29) is 5.91 Å². The van der Waals surface area contributed by atoms with Crippen LogP contribution < -0.4 is 5.73 Å². The Kier molecular flexibility index (Phi) is 3.69. The van der Waals surface area contributed by atoms with Crippen LogP contribution in [0.2, 0.25) is 0 Å². The van der Waals surface area contributed by atoms with Crippen LogP contribution in [0.25, 0.3) is 10.9 Å². The van der Waals surface area contributed by atoms with E-state index in [4.69, 9.17) is 5.73 Å². The maximum Gasteiger partial charge on any atom is 0.275 e. The van der Waals surface area contributed by atoms with Gasteiger partial charge in [-0.05, 0) is 40.2 Å². The Hall–Kier alpha value is -1.86. The molecule has 2 aromatic heterocycles. The molecule has 108 valence electrons. The minimum absolute atomic E-state index is 0.128. The number of thiophene rings is 1. The van der Waals surface area contributed by atoms with E-state index >= 15 is 0 Å². The minimum atomic E-state index is -0.128. The lowest BCUT2D eigenvalue weighted by Gasteiger charge is -2.14. The maximum atomic E-state index is 12.5. The number of nitrogens with two attached hydrogens (primary N) is 1. The number of fused-ring (bicyclic) bond motifs is 1. The van der Waals surface area contributed by atoms with E-state index in [0.717, 1.165) is 20.3 Å². The van der Waals surface area contributed by atoms with Gasteiger partial charge in [0.1, 0.15) is 0 Å². The predicted molar refractivity (Wildman–Crippen MR) is 88.3 cm³/mol. The molecule has 3 N–H and O–H groups in total. The van der Waals surface area contributed by atoms with Gasteiger partial charge in [-0.25, -0.2) is 0 Å². The third-order valence-corrected chi connectivity index (χ3v) is 4.83. The number of benzene rings is 1. The smallest absolute Gasteiger partial charge is 0.275 e. The first kappa shape index (κ1) is 14.1. The van der Waals surface area contributed by atoms with Gasteiger partial charge in [-0.2, -0.15) is 5.10 Å². The molecule has 0 aliphatic heterocycles. The van der Waals surface area contributed by atoms with E-state index < -0.39 is 0 Å². The Morgan fingerprint density at radius 2 is 2.29 bits per heavy atom. The molecule has 0 unspecified atom stereocenters. The molecule has 0 spiro atoms. The van der Waals surface area contributed by atoms with Crippen molar-refractivity contribution in [3.8, 4) is 0 Å². The van der Waals surface area contributed by atoms with Crippen LogP contribution in [0.4, 0.5) is 5.69 Å². The zero-order valence-corrected chi connectivity index (χ0v) is 13.7. The van der Waals surface area contributed by atoms with Gasteiger partial charge in [0.2, 0.25) is 0 Å². The lowest BCUT2D eigenvalue weighted by Crippen LogP contribution is -2.26. The van der Waals surface area contributed by atoms with Gasteiger partial charge < -0.3 is 10.6 Å². The second-order valence-electron chi connectivity index (χ2n) is 4.77. The second kappa shape index (κ2) is 5.50. The summed E-state index contributed by atoms with van der Waals surface area (Å²) in [6, 6.07) is 7.38. The van der Waals surface area contributed by atoms with Gasteiger partial charge in [0.25, 0.3) is 5.91 Å². The van der Waals surface area contributed by atoms with E-state index in [1.165, 1.54) is 0 Å². The van der Waals surface area contributed by atoms with E-state index in [1.54, 1.807) is 35.4 Å². The lowest BCUT2D eigenvalue weighted by atomic mass is 10.2. The van der Waals surface area contributed by atoms with Gasteiger partial charge in [-0.15, -0.1) is 11.3 Å². The van der Waals surface area contributed by atoms with Crippen molar-refractivity contribution in [2.24, 2.45) is 0 Å². The normalized spacial score (nSPS) is 11.0. The van der Waals surface area contributed by atoms with Crippen LogP contribution >= 0.6 is 27.3 Å². The first-order chi connectivity index (χ1) is 10.0. The molecule has 5 nitrogen and oxygen atoms in total. The predicted octanol–water partition coefficient (Wildman–Crippen LogP) is 3.24. The fourth-order valence-electron chi connectivity index (χ4n) is 2.12. The monoisotopic (exact) mass is 364 g/mol. The summed E-state index contributed by atoms with van der Waals surface area (Å²) in [5, 5.41) is 9.74. The topological polar surface area (TPSA) is 75.0 Å². The van der Waals surface area contributed by atoms with Crippen molar-refractivity contribution < 1.29 is 4.79 Å². The van der Waals surface area contributed by atoms with Gasteiger partial charge in [0.05, 0.1) is 12.1 Å². The second-order valence-corrected chi connectivity index (χ2v) is 6.68. The summed E-state index contributed by atoms with van der Waals surface area (Å²) in [4.78, 5) is 15.3. The van der Waals surface area contributed by atoms with Gasteiger partial charge >= 0.3 is 0 Å². The maximum absolute atomic E-state index is 12.5. The lowest BCUT2D eigenvalue weighted by molar-refractivity contribution is 0.0782. The number of nitrogens with zero attached hydrogens (tertiary/aromatic N) is 2. The summed E-state index contributed by atoms with van der Waals surface area (Å²) in [5.74, 6) is -0.128. The van der Waals surface area contributed by atoms with Crippen LogP contribution in [0.3, 0.4) is 0 Å². The van der Waals surface area contributed by atoms with Gasteiger partial charge in [-0.1, -0.05) is 0 Å². The van der Waals surface area contributed by atoms with Crippen molar-refractivity contribution in [2.75, 3.05) is 12.8 Å². The molecule has 0 fully saturated rings. The van der Waals surface area contributed by atoms with Crippen LogP contribution in [0.1, 0.15) is 15.4 Å². The number of H-pyrrole nitrogens is 1. The van der Waals surface area contributed by atoms with Crippen LogP contribution in [-0.4, -0.2) is 28.1 Å². The molecule has 0 saturated heterocycles. The number of hydrogen-bond acceptors (Lipinski definition) is 4.